The maximum atomic E-state index is 13.1. The largest absolute Gasteiger partial charge is 0.497 e. The third kappa shape index (κ3) is 6.42. The van der Waals surface area contributed by atoms with Crippen LogP contribution in [0.2, 0.25) is 0 Å². The fourth-order valence-electron chi connectivity index (χ4n) is 4.27. The quantitative estimate of drug-likeness (QED) is 0.448. The van der Waals surface area contributed by atoms with Gasteiger partial charge < -0.3 is 18.9 Å². The fraction of sp³-hybridized carbons (Fsp3) is 0.423. The SMILES string of the molecule is COc1cccc(-c2noc(CCN(C(=O)COCc3ccccc3)C3CCCCC3)n2)c1. The molecule has 1 aliphatic carbocycles. The van der Waals surface area contributed by atoms with Crippen molar-refractivity contribution in [2.75, 3.05) is 20.3 Å². The zero-order valence-corrected chi connectivity index (χ0v) is 19.1. The van der Waals surface area contributed by atoms with E-state index in [0.29, 0.717) is 31.3 Å². The van der Waals surface area contributed by atoms with E-state index in [1.165, 1.54) is 6.42 Å². The lowest BCUT2D eigenvalue weighted by Gasteiger charge is -2.34. The van der Waals surface area contributed by atoms with Gasteiger partial charge in [-0.3, -0.25) is 4.79 Å². The average Bonchev–Trinajstić information content (AvgIpc) is 3.35. The first kappa shape index (κ1) is 23.0. The van der Waals surface area contributed by atoms with Crippen LogP contribution < -0.4 is 4.74 Å². The molecule has 0 radical (unpaired) electrons. The molecule has 174 valence electrons. The molecule has 1 aromatic heterocycles. The molecule has 0 aliphatic heterocycles. The van der Waals surface area contributed by atoms with Gasteiger partial charge in [0, 0.05) is 24.6 Å². The van der Waals surface area contributed by atoms with Crippen LogP contribution in [0.1, 0.15) is 43.6 Å². The lowest BCUT2D eigenvalue weighted by molar-refractivity contribution is -0.139. The first-order chi connectivity index (χ1) is 16.2. The second-order valence-corrected chi connectivity index (χ2v) is 8.35. The van der Waals surface area contributed by atoms with E-state index >= 15 is 0 Å². The van der Waals surface area contributed by atoms with Crippen LogP contribution in [0.5, 0.6) is 5.75 Å². The van der Waals surface area contributed by atoms with Crippen molar-refractivity contribution in [2.45, 2.75) is 51.2 Å². The Kier molecular flexibility index (Phi) is 8.09. The highest BCUT2D eigenvalue weighted by Gasteiger charge is 2.26. The summed E-state index contributed by atoms with van der Waals surface area (Å²) in [5.41, 5.74) is 1.89. The Morgan fingerprint density at radius 3 is 2.70 bits per heavy atom. The Morgan fingerprint density at radius 2 is 1.91 bits per heavy atom. The van der Waals surface area contributed by atoms with Crippen molar-refractivity contribution in [1.82, 2.24) is 15.0 Å². The van der Waals surface area contributed by atoms with E-state index in [0.717, 1.165) is 42.6 Å². The summed E-state index contributed by atoms with van der Waals surface area (Å²) in [6.45, 7) is 1.04. The van der Waals surface area contributed by atoms with Gasteiger partial charge in [0.15, 0.2) is 0 Å². The van der Waals surface area contributed by atoms with Gasteiger partial charge in [-0.2, -0.15) is 4.98 Å². The van der Waals surface area contributed by atoms with E-state index < -0.39 is 0 Å². The van der Waals surface area contributed by atoms with Gasteiger partial charge in [-0.15, -0.1) is 0 Å². The minimum Gasteiger partial charge on any atom is -0.497 e. The molecule has 33 heavy (non-hydrogen) atoms. The zero-order valence-electron chi connectivity index (χ0n) is 19.1. The molecule has 0 atom stereocenters. The van der Waals surface area contributed by atoms with E-state index in [1.54, 1.807) is 7.11 Å². The first-order valence-corrected chi connectivity index (χ1v) is 11.6. The van der Waals surface area contributed by atoms with Crippen LogP contribution in [0.3, 0.4) is 0 Å². The molecule has 1 aliphatic rings. The molecule has 1 amide bonds. The molecule has 7 heteroatoms. The van der Waals surface area contributed by atoms with E-state index in [4.69, 9.17) is 14.0 Å². The molecule has 2 aromatic carbocycles. The minimum atomic E-state index is 0.0189. The first-order valence-electron chi connectivity index (χ1n) is 11.6. The highest BCUT2D eigenvalue weighted by atomic mass is 16.5. The second-order valence-electron chi connectivity index (χ2n) is 8.35. The summed E-state index contributed by atoms with van der Waals surface area (Å²) in [5, 5.41) is 4.11. The Labute approximate surface area is 194 Å². The van der Waals surface area contributed by atoms with E-state index in [2.05, 4.69) is 10.1 Å². The van der Waals surface area contributed by atoms with Crippen molar-refractivity contribution in [2.24, 2.45) is 0 Å². The predicted molar refractivity (Wildman–Crippen MR) is 125 cm³/mol. The number of amides is 1. The van der Waals surface area contributed by atoms with Gasteiger partial charge in [0.05, 0.1) is 13.7 Å². The number of rotatable bonds is 10. The standard InChI is InChI=1S/C26H31N3O4/c1-31-23-14-8-11-21(17-23)26-27-24(33-28-26)15-16-29(22-12-6-3-7-13-22)25(30)19-32-18-20-9-4-2-5-10-20/h2,4-5,8-11,14,17,22H,3,6-7,12-13,15-16,18-19H2,1H3. The number of carbonyl (C=O) groups excluding carboxylic acids is 1. The number of aromatic nitrogens is 2. The van der Waals surface area contributed by atoms with Gasteiger partial charge in [0.25, 0.3) is 0 Å². The second kappa shape index (κ2) is 11.6. The maximum absolute atomic E-state index is 13.1. The number of ether oxygens (including phenoxy) is 2. The van der Waals surface area contributed by atoms with Crippen LogP contribution in [-0.2, 0) is 22.6 Å². The molecule has 0 N–H and O–H groups in total. The summed E-state index contributed by atoms with van der Waals surface area (Å²) in [7, 11) is 1.63. The summed E-state index contributed by atoms with van der Waals surface area (Å²) in [6.07, 6.45) is 6.11. The van der Waals surface area contributed by atoms with Gasteiger partial charge in [-0.1, -0.05) is 66.9 Å². The van der Waals surface area contributed by atoms with E-state index in [9.17, 15) is 4.79 Å². The normalized spacial score (nSPS) is 14.2. The van der Waals surface area contributed by atoms with Gasteiger partial charge in [0.2, 0.25) is 17.6 Å². The number of hydrogen-bond acceptors (Lipinski definition) is 6. The molecule has 7 nitrogen and oxygen atoms in total. The Morgan fingerprint density at radius 1 is 1.09 bits per heavy atom. The third-order valence-electron chi connectivity index (χ3n) is 6.04. The van der Waals surface area contributed by atoms with Crippen LogP contribution in [-0.4, -0.2) is 47.3 Å². The Bertz CT molecular complexity index is 1020. The third-order valence-corrected chi connectivity index (χ3v) is 6.04. The summed E-state index contributed by atoms with van der Waals surface area (Å²) in [4.78, 5) is 19.6. The lowest BCUT2D eigenvalue weighted by Crippen LogP contribution is -2.44. The summed E-state index contributed by atoms with van der Waals surface area (Å²) in [5.74, 6) is 1.80. The summed E-state index contributed by atoms with van der Waals surface area (Å²) >= 11 is 0. The number of nitrogens with zero attached hydrogens (tertiary/aromatic N) is 3. The van der Waals surface area contributed by atoms with Crippen molar-refractivity contribution < 1.29 is 18.8 Å². The number of methoxy groups -OCH3 is 1. The minimum absolute atomic E-state index is 0.0189. The molecule has 3 aromatic rings. The molecular weight excluding hydrogens is 418 g/mol. The number of carbonyl (C=O) groups is 1. The van der Waals surface area contributed by atoms with Gasteiger partial charge in [-0.25, -0.2) is 0 Å². The monoisotopic (exact) mass is 449 g/mol. The van der Waals surface area contributed by atoms with Crippen molar-refractivity contribution >= 4 is 5.91 Å². The van der Waals surface area contributed by atoms with Gasteiger partial charge in [-0.05, 0) is 30.5 Å². The molecule has 0 unspecified atom stereocenters. The average molecular weight is 450 g/mol. The molecule has 1 fully saturated rings. The molecule has 1 heterocycles. The Hall–Kier alpha value is -3.19. The molecule has 0 bridgehead atoms. The van der Waals surface area contributed by atoms with Crippen LogP contribution >= 0.6 is 0 Å². The van der Waals surface area contributed by atoms with Crippen LogP contribution in [0, 0.1) is 0 Å². The van der Waals surface area contributed by atoms with E-state index in [1.807, 2.05) is 59.5 Å². The van der Waals surface area contributed by atoms with Crippen molar-refractivity contribution in [3.05, 3.63) is 66.1 Å². The molecule has 0 saturated heterocycles. The summed E-state index contributed by atoms with van der Waals surface area (Å²) < 4.78 is 16.5. The van der Waals surface area contributed by atoms with Gasteiger partial charge in [0.1, 0.15) is 12.4 Å². The van der Waals surface area contributed by atoms with Gasteiger partial charge >= 0.3 is 0 Å². The Balaban J connectivity index is 1.37. The highest BCUT2D eigenvalue weighted by molar-refractivity contribution is 5.77. The molecule has 0 spiro atoms. The number of benzene rings is 2. The van der Waals surface area contributed by atoms with Crippen molar-refractivity contribution in [3.63, 3.8) is 0 Å². The van der Waals surface area contributed by atoms with Crippen molar-refractivity contribution in [3.8, 4) is 17.1 Å². The topological polar surface area (TPSA) is 77.7 Å². The smallest absolute Gasteiger partial charge is 0.248 e. The van der Waals surface area contributed by atoms with Crippen LogP contribution in [0.15, 0.2) is 59.1 Å². The van der Waals surface area contributed by atoms with Crippen molar-refractivity contribution in [1.29, 1.82) is 0 Å². The molecule has 4 rings (SSSR count). The summed E-state index contributed by atoms with van der Waals surface area (Å²) in [6, 6.07) is 17.7. The fourth-order valence-corrected chi connectivity index (χ4v) is 4.27. The number of hydrogen-bond donors (Lipinski definition) is 0. The molecular formula is C26H31N3O4. The van der Waals surface area contributed by atoms with Crippen LogP contribution in [0.4, 0.5) is 0 Å². The lowest BCUT2D eigenvalue weighted by atomic mass is 9.94. The van der Waals surface area contributed by atoms with Crippen LogP contribution in [0.25, 0.3) is 11.4 Å². The highest BCUT2D eigenvalue weighted by Crippen LogP contribution is 2.24. The maximum Gasteiger partial charge on any atom is 0.248 e. The molecule has 1 saturated carbocycles. The predicted octanol–water partition coefficient (Wildman–Crippen LogP) is 4.67. The zero-order chi connectivity index (χ0) is 22.9. The van der Waals surface area contributed by atoms with E-state index in [-0.39, 0.29) is 18.6 Å².